The fourth-order valence-electron chi connectivity index (χ4n) is 1.47. The number of ether oxygens (including phenoxy) is 1. The Balaban J connectivity index is 2.92. The molecule has 0 saturated carbocycles. The minimum Gasteiger partial charge on any atom is -0.392 e. The van der Waals surface area contributed by atoms with E-state index in [4.69, 9.17) is 9.84 Å². The topological polar surface area (TPSA) is 88.5 Å². The normalized spacial score (nSPS) is 12.7. The molecule has 7 heteroatoms. The van der Waals surface area contributed by atoms with Crippen molar-refractivity contribution in [1.29, 1.82) is 0 Å². The maximum atomic E-state index is 12.0. The van der Waals surface area contributed by atoms with Crippen LogP contribution in [0, 0.1) is 0 Å². The van der Waals surface area contributed by atoms with Gasteiger partial charge in [-0.2, -0.15) is 0 Å². The summed E-state index contributed by atoms with van der Waals surface area (Å²) < 4.78 is 31.5. The number of aromatic nitrogens is 1. The highest BCUT2D eigenvalue weighted by molar-refractivity contribution is 7.89. The van der Waals surface area contributed by atoms with Crippen molar-refractivity contribution in [2.75, 3.05) is 13.7 Å². The predicted octanol–water partition coefficient (Wildman–Crippen LogP) is 0.277. The van der Waals surface area contributed by atoms with Crippen LogP contribution in [-0.2, 0) is 21.4 Å². The van der Waals surface area contributed by atoms with E-state index in [0.29, 0.717) is 5.56 Å². The van der Waals surface area contributed by atoms with E-state index in [9.17, 15) is 8.42 Å². The van der Waals surface area contributed by atoms with Crippen LogP contribution in [0.1, 0.15) is 19.4 Å². The van der Waals surface area contributed by atoms with Crippen molar-refractivity contribution in [3.05, 3.63) is 23.9 Å². The van der Waals surface area contributed by atoms with Crippen molar-refractivity contribution in [2.45, 2.75) is 31.0 Å². The maximum absolute atomic E-state index is 12.0. The standard InChI is InChI=1S/C11H18N2O4S/c1-11(2,8-17-3)13-18(15,16)10-5-4-9(7-14)6-12-10/h4-6,13-14H,7-8H2,1-3H3. The zero-order valence-corrected chi connectivity index (χ0v) is 11.5. The lowest BCUT2D eigenvalue weighted by Gasteiger charge is -2.24. The van der Waals surface area contributed by atoms with Crippen LogP contribution in [0.2, 0.25) is 0 Å². The minimum absolute atomic E-state index is 0.0797. The molecule has 2 N–H and O–H groups in total. The van der Waals surface area contributed by atoms with Crippen molar-refractivity contribution in [3.8, 4) is 0 Å². The SMILES string of the molecule is COCC(C)(C)NS(=O)(=O)c1ccc(CO)cn1. The lowest BCUT2D eigenvalue weighted by Crippen LogP contribution is -2.46. The van der Waals surface area contributed by atoms with Crippen molar-refractivity contribution in [1.82, 2.24) is 9.71 Å². The van der Waals surface area contributed by atoms with Gasteiger partial charge in [0.1, 0.15) is 0 Å². The number of aliphatic hydroxyl groups is 1. The Bertz CT molecular complexity index is 482. The Morgan fingerprint density at radius 3 is 2.56 bits per heavy atom. The summed E-state index contributed by atoms with van der Waals surface area (Å²) in [7, 11) is -2.18. The predicted molar refractivity (Wildman–Crippen MR) is 66.4 cm³/mol. The van der Waals surface area contributed by atoms with Gasteiger partial charge in [-0.1, -0.05) is 6.07 Å². The van der Waals surface area contributed by atoms with Gasteiger partial charge >= 0.3 is 0 Å². The minimum atomic E-state index is -3.69. The highest BCUT2D eigenvalue weighted by Crippen LogP contribution is 2.12. The second kappa shape index (κ2) is 5.75. The first-order valence-electron chi connectivity index (χ1n) is 5.39. The van der Waals surface area contributed by atoms with Crippen molar-refractivity contribution >= 4 is 10.0 Å². The first-order valence-corrected chi connectivity index (χ1v) is 6.88. The Kier molecular flexibility index (Phi) is 4.80. The summed E-state index contributed by atoms with van der Waals surface area (Å²) >= 11 is 0. The fourth-order valence-corrected chi connectivity index (χ4v) is 2.80. The van der Waals surface area contributed by atoms with Gasteiger partial charge in [0.05, 0.1) is 18.8 Å². The van der Waals surface area contributed by atoms with Gasteiger partial charge in [-0.15, -0.1) is 0 Å². The van der Waals surface area contributed by atoms with Crippen molar-refractivity contribution in [2.24, 2.45) is 0 Å². The van der Waals surface area contributed by atoms with Crippen LogP contribution in [0.3, 0.4) is 0 Å². The van der Waals surface area contributed by atoms with Gasteiger partial charge in [-0.25, -0.2) is 18.1 Å². The molecule has 1 aromatic rings. The average molecular weight is 274 g/mol. The number of nitrogens with zero attached hydrogens (tertiary/aromatic N) is 1. The van der Waals surface area contributed by atoms with E-state index in [-0.39, 0.29) is 18.2 Å². The molecule has 0 aromatic carbocycles. The molecular weight excluding hydrogens is 256 g/mol. The number of hydrogen-bond acceptors (Lipinski definition) is 5. The van der Waals surface area contributed by atoms with E-state index in [1.165, 1.54) is 25.4 Å². The molecule has 1 heterocycles. The van der Waals surface area contributed by atoms with E-state index < -0.39 is 15.6 Å². The van der Waals surface area contributed by atoms with E-state index in [0.717, 1.165) is 0 Å². The molecule has 1 rings (SSSR count). The molecule has 6 nitrogen and oxygen atoms in total. The van der Waals surface area contributed by atoms with Gasteiger partial charge in [-0.3, -0.25) is 0 Å². The third-order valence-corrected chi connectivity index (χ3v) is 3.78. The summed E-state index contributed by atoms with van der Waals surface area (Å²) in [6, 6.07) is 2.88. The largest absolute Gasteiger partial charge is 0.392 e. The Labute approximate surface area is 107 Å². The second-order valence-electron chi connectivity index (χ2n) is 4.59. The zero-order chi connectivity index (χ0) is 13.8. The molecule has 0 radical (unpaired) electrons. The van der Waals surface area contributed by atoms with Crippen LogP contribution in [0.15, 0.2) is 23.4 Å². The second-order valence-corrected chi connectivity index (χ2v) is 6.21. The number of sulfonamides is 1. The molecule has 0 spiro atoms. The number of methoxy groups -OCH3 is 1. The Morgan fingerprint density at radius 1 is 1.44 bits per heavy atom. The van der Waals surface area contributed by atoms with E-state index in [1.54, 1.807) is 13.8 Å². The van der Waals surface area contributed by atoms with Crippen LogP contribution in [0.5, 0.6) is 0 Å². The van der Waals surface area contributed by atoms with E-state index >= 15 is 0 Å². The summed E-state index contributed by atoms with van der Waals surface area (Å²) in [5, 5.41) is 8.79. The number of nitrogens with one attached hydrogen (secondary N) is 1. The summed E-state index contributed by atoms with van der Waals surface area (Å²) in [5.74, 6) is 0. The van der Waals surface area contributed by atoms with Gasteiger partial charge in [0, 0.05) is 13.3 Å². The average Bonchev–Trinajstić information content (AvgIpc) is 2.27. The lowest BCUT2D eigenvalue weighted by atomic mass is 10.1. The van der Waals surface area contributed by atoms with Crippen molar-refractivity contribution in [3.63, 3.8) is 0 Å². The van der Waals surface area contributed by atoms with Crippen LogP contribution in [0.4, 0.5) is 0 Å². The number of hydrogen-bond donors (Lipinski definition) is 2. The molecule has 0 aliphatic rings. The summed E-state index contributed by atoms with van der Waals surface area (Å²) in [6.07, 6.45) is 1.33. The number of aliphatic hydroxyl groups excluding tert-OH is 1. The summed E-state index contributed by atoms with van der Waals surface area (Å²) in [4.78, 5) is 3.81. The molecule has 0 unspecified atom stereocenters. The van der Waals surface area contributed by atoms with Crippen molar-refractivity contribution < 1.29 is 18.3 Å². The van der Waals surface area contributed by atoms with Crippen LogP contribution in [-0.4, -0.2) is 37.8 Å². The Morgan fingerprint density at radius 2 is 2.11 bits per heavy atom. The lowest BCUT2D eigenvalue weighted by molar-refractivity contribution is 0.141. The molecular formula is C11H18N2O4S. The monoisotopic (exact) mass is 274 g/mol. The molecule has 18 heavy (non-hydrogen) atoms. The zero-order valence-electron chi connectivity index (χ0n) is 10.7. The van der Waals surface area contributed by atoms with Gasteiger partial charge in [0.2, 0.25) is 0 Å². The van der Waals surface area contributed by atoms with Gasteiger partial charge in [0.25, 0.3) is 10.0 Å². The molecule has 0 bridgehead atoms. The smallest absolute Gasteiger partial charge is 0.258 e. The summed E-state index contributed by atoms with van der Waals surface area (Å²) in [5.41, 5.74) is -0.157. The third kappa shape index (κ3) is 4.02. The first kappa shape index (κ1) is 15.0. The summed E-state index contributed by atoms with van der Waals surface area (Å²) in [6.45, 7) is 3.52. The molecule has 1 aromatic heterocycles. The highest BCUT2D eigenvalue weighted by Gasteiger charge is 2.26. The van der Waals surface area contributed by atoms with Crippen LogP contribution in [0.25, 0.3) is 0 Å². The van der Waals surface area contributed by atoms with Crippen LogP contribution < -0.4 is 4.72 Å². The van der Waals surface area contributed by atoms with E-state index in [2.05, 4.69) is 9.71 Å². The molecule has 0 aliphatic carbocycles. The number of rotatable bonds is 6. The maximum Gasteiger partial charge on any atom is 0.258 e. The molecule has 0 atom stereocenters. The third-order valence-electron chi connectivity index (χ3n) is 2.17. The molecule has 0 saturated heterocycles. The number of pyridine rings is 1. The molecule has 102 valence electrons. The quantitative estimate of drug-likeness (QED) is 0.777. The highest BCUT2D eigenvalue weighted by atomic mass is 32.2. The first-order chi connectivity index (χ1) is 8.30. The molecule has 0 fully saturated rings. The van der Waals surface area contributed by atoms with Gasteiger partial charge in [0.15, 0.2) is 5.03 Å². The van der Waals surface area contributed by atoms with Crippen LogP contribution >= 0.6 is 0 Å². The molecule has 0 aliphatic heterocycles. The van der Waals surface area contributed by atoms with Gasteiger partial charge in [-0.05, 0) is 25.5 Å². The van der Waals surface area contributed by atoms with E-state index in [1.807, 2.05) is 0 Å². The Hall–Kier alpha value is -1.02. The fraction of sp³-hybridized carbons (Fsp3) is 0.545. The molecule has 0 amide bonds. The van der Waals surface area contributed by atoms with Gasteiger partial charge < -0.3 is 9.84 Å².